The minimum atomic E-state index is -0.526. The summed E-state index contributed by atoms with van der Waals surface area (Å²) in [5.74, 6) is -0.902. The van der Waals surface area contributed by atoms with E-state index in [0.717, 1.165) is 5.56 Å². The van der Waals surface area contributed by atoms with Crippen LogP contribution < -0.4 is 11.1 Å². The number of fused-ring (bicyclic) bond motifs is 1. The van der Waals surface area contributed by atoms with E-state index in [1.165, 1.54) is 0 Å². The number of aromatic amines is 1. The summed E-state index contributed by atoms with van der Waals surface area (Å²) >= 11 is 0. The summed E-state index contributed by atoms with van der Waals surface area (Å²) in [6.07, 6.45) is 0. The van der Waals surface area contributed by atoms with Crippen LogP contribution in [0.25, 0.3) is 11.1 Å². The van der Waals surface area contributed by atoms with Crippen molar-refractivity contribution in [2.75, 3.05) is 13.2 Å². The molecule has 0 aliphatic rings. The first kappa shape index (κ1) is 13.4. The van der Waals surface area contributed by atoms with Crippen LogP contribution in [0.4, 0.5) is 0 Å². The highest BCUT2D eigenvalue weighted by atomic mass is 16.4. The molecule has 102 valence electrons. The lowest BCUT2D eigenvalue weighted by molar-refractivity contribution is -0.124. The number of carbonyl (C=O) groups is 1. The van der Waals surface area contributed by atoms with E-state index in [-0.39, 0.29) is 5.41 Å². The zero-order chi connectivity index (χ0) is 14.0. The molecule has 0 aliphatic carbocycles. The van der Waals surface area contributed by atoms with Gasteiger partial charge < -0.3 is 14.8 Å². The number of nitrogens with one attached hydrogen (secondary N) is 2. The molecule has 0 unspecified atom stereocenters. The van der Waals surface area contributed by atoms with Crippen LogP contribution in [-0.2, 0) is 10.2 Å². The van der Waals surface area contributed by atoms with E-state index in [9.17, 15) is 9.59 Å². The van der Waals surface area contributed by atoms with Crippen molar-refractivity contribution >= 4 is 17.0 Å². The van der Waals surface area contributed by atoms with Crippen molar-refractivity contribution in [1.82, 2.24) is 10.3 Å². The summed E-state index contributed by atoms with van der Waals surface area (Å²) in [4.78, 5) is 24.7. The summed E-state index contributed by atoms with van der Waals surface area (Å²) in [6.45, 7) is 3.77. The van der Waals surface area contributed by atoms with Crippen molar-refractivity contribution in [3.8, 4) is 0 Å². The number of hydrogen-bond acceptors (Lipinski definition) is 4. The Morgan fingerprint density at radius 3 is 2.89 bits per heavy atom. The molecule has 19 heavy (non-hydrogen) atoms. The molecule has 3 N–H and O–H groups in total. The maximum Gasteiger partial charge on any atom is 0.417 e. The predicted molar refractivity (Wildman–Crippen MR) is 70.0 cm³/mol. The summed E-state index contributed by atoms with van der Waals surface area (Å²) < 4.78 is 5.01. The molecule has 0 atom stereocenters. The van der Waals surface area contributed by atoms with Crippen molar-refractivity contribution in [3.05, 3.63) is 34.3 Å². The van der Waals surface area contributed by atoms with Crippen LogP contribution in [0.2, 0.25) is 0 Å². The van der Waals surface area contributed by atoms with Crippen molar-refractivity contribution in [2.24, 2.45) is 0 Å². The summed E-state index contributed by atoms with van der Waals surface area (Å²) in [5, 5.41) is 11.3. The lowest BCUT2D eigenvalue weighted by Gasteiger charge is -2.25. The predicted octanol–water partition coefficient (Wildman–Crippen LogP) is 0.507. The van der Waals surface area contributed by atoms with Crippen molar-refractivity contribution in [3.63, 3.8) is 0 Å². The Morgan fingerprint density at radius 2 is 2.21 bits per heavy atom. The molecular formula is C13H16N2O4. The topological polar surface area (TPSA) is 95.3 Å². The normalized spacial score (nSPS) is 11.7. The number of hydrogen-bond donors (Lipinski definition) is 3. The number of aliphatic hydroxyl groups excluding tert-OH is 1. The fourth-order valence-corrected chi connectivity index (χ4v) is 1.84. The van der Waals surface area contributed by atoms with Gasteiger partial charge in [0.15, 0.2) is 5.58 Å². The van der Waals surface area contributed by atoms with E-state index in [1.807, 2.05) is 19.9 Å². The van der Waals surface area contributed by atoms with Gasteiger partial charge in [0.05, 0.1) is 5.52 Å². The lowest BCUT2D eigenvalue weighted by Crippen LogP contribution is -2.37. The molecule has 0 radical (unpaired) electrons. The van der Waals surface area contributed by atoms with Gasteiger partial charge in [-0.3, -0.25) is 9.78 Å². The highest BCUT2D eigenvalue weighted by molar-refractivity contribution is 5.77. The summed E-state index contributed by atoms with van der Waals surface area (Å²) in [7, 11) is 0. The highest BCUT2D eigenvalue weighted by Crippen LogP contribution is 2.25. The van der Waals surface area contributed by atoms with Gasteiger partial charge in [0.2, 0.25) is 5.91 Å². The van der Waals surface area contributed by atoms with Gasteiger partial charge in [-0.2, -0.15) is 0 Å². The van der Waals surface area contributed by atoms with E-state index in [0.29, 0.717) is 17.6 Å². The molecule has 6 nitrogen and oxygen atoms in total. The van der Waals surface area contributed by atoms with Crippen molar-refractivity contribution in [1.29, 1.82) is 0 Å². The molecular weight excluding hydrogens is 248 g/mol. The Bertz CT molecular complexity index is 654. The van der Waals surface area contributed by atoms with Gasteiger partial charge in [-0.05, 0) is 17.7 Å². The molecule has 1 aromatic carbocycles. The Hall–Kier alpha value is -2.08. The van der Waals surface area contributed by atoms with E-state index in [1.54, 1.807) is 12.1 Å². The first-order valence-corrected chi connectivity index (χ1v) is 5.93. The third-order valence-electron chi connectivity index (χ3n) is 3.07. The number of H-pyrrole nitrogens is 1. The number of oxazole rings is 1. The number of amides is 1. The molecule has 1 heterocycles. The average molecular weight is 264 g/mol. The number of benzene rings is 1. The Kier molecular flexibility index (Phi) is 3.44. The Morgan fingerprint density at radius 1 is 1.47 bits per heavy atom. The quantitative estimate of drug-likeness (QED) is 0.749. The molecule has 1 amide bonds. The molecule has 0 bridgehead atoms. The third-order valence-corrected chi connectivity index (χ3v) is 3.07. The van der Waals surface area contributed by atoms with E-state index < -0.39 is 18.3 Å². The monoisotopic (exact) mass is 264 g/mol. The molecule has 2 aromatic rings. The van der Waals surface area contributed by atoms with Crippen molar-refractivity contribution in [2.45, 2.75) is 19.3 Å². The van der Waals surface area contributed by atoms with Crippen LogP contribution in [0, 0.1) is 0 Å². The first-order valence-electron chi connectivity index (χ1n) is 5.93. The highest BCUT2D eigenvalue weighted by Gasteiger charge is 2.22. The summed E-state index contributed by atoms with van der Waals surface area (Å²) in [6, 6.07) is 5.42. The average Bonchev–Trinajstić information content (AvgIpc) is 2.74. The second-order valence-corrected chi connectivity index (χ2v) is 5.04. The molecule has 0 fully saturated rings. The zero-order valence-electron chi connectivity index (χ0n) is 10.8. The van der Waals surface area contributed by atoms with Crippen LogP contribution >= 0.6 is 0 Å². The van der Waals surface area contributed by atoms with Crippen LogP contribution in [0.1, 0.15) is 19.4 Å². The number of aliphatic hydroxyl groups is 1. The molecule has 1 aromatic heterocycles. The fraction of sp³-hybridized carbons (Fsp3) is 0.385. The van der Waals surface area contributed by atoms with Gasteiger partial charge in [-0.1, -0.05) is 19.9 Å². The van der Waals surface area contributed by atoms with Crippen molar-refractivity contribution < 1.29 is 14.3 Å². The second kappa shape index (κ2) is 4.89. The maximum absolute atomic E-state index is 11.1. The van der Waals surface area contributed by atoms with Gasteiger partial charge >= 0.3 is 5.76 Å². The third kappa shape index (κ3) is 2.85. The second-order valence-electron chi connectivity index (χ2n) is 5.04. The number of aromatic nitrogens is 1. The molecule has 2 rings (SSSR count). The molecule has 6 heteroatoms. The van der Waals surface area contributed by atoms with Gasteiger partial charge in [0.25, 0.3) is 0 Å². The fourth-order valence-electron chi connectivity index (χ4n) is 1.84. The van der Waals surface area contributed by atoms with E-state index in [4.69, 9.17) is 9.52 Å². The summed E-state index contributed by atoms with van der Waals surface area (Å²) in [5.41, 5.74) is 1.73. The number of rotatable bonds is 4. The smallest absolute Gasteiger partial charge is 0.408 e. The van der Waals surface area contributed by atoms with Gasteiger partial charge in [0, 0.05) is 12.0 Å². The van der Waals surface area contributed by atoms with Gasteiger partial charge in [0.1, 0.15) is 6.61 Å². The maximum atomic E-state index is 11.1. The van der Waals surface area contributed by atoms with Crippen LogP contribution in [-0.4, -0.2) is 29.1 Å². The Labute approximate surface area is 109 Å². The van der Waals surface area contributed by atoms with Gasteiger partial charge in [-0.25, -0.2) is 4.79 Å². The molecule has 0 spiro atoms. The SMILES string of the molecule is CC(C)(CNC(=O)CO)c1ccc2[nH]c(=O)oc2c1. The number of carbonyl (C=O) groups excluding carboxylic acids is 1. The Balaban J connectivity index is 2.26. The molecule has 0 aliphatic heterocycles. The van der Waals surface area contributed by atoms with Gasteiger partial charge in [-0.15, -0.1) is 0 Å². The minimum absolute atomic E-state index is 0.338. The van der Waals surface area contributed by atoms with Crippen LogP contribution in [0.5, 0.6) is 0 Å². The molecule has 0 saturated carbocycles. The molecule has 0 saturated heterocycles. The van der Waals surface area contributed by atoms with Crippen LogP contribution in [0.3, 0.4) is 0 Å². The largest absolute Gasteiger partial charge is 0.417 e. The van der Waals surface area contributed by atoms with Crippen LogP contribution in [0.15, 0.2) is 27.4 Å². The standard InChI is InChI=1S/C13H16N2O4/c1-13(2,7-14-11(17)6-16)8-3-4-9-10(5-8)19-12(18)15-9/h3-5,16H,6-7H2,1-2H3,(H,14,17)(H,15,18). The lowest BCUT2D eigenvalue weighted by atomic mass is 9.84. The van der Waals surface area contributed by atoms with E-state index in [2.05, 4.69) is 10.3 Å². The minimum Gasteiger partial charge on any atom is -0.408 e. The zero-order valence-corrected chi connectivity index (χ0v) is 10.8. The van der Waals surface area contributed by atoms with E-state index >= 15 is 0 Å². The first-order chi connectivity index (χ1) is 8.92.